The smallest absolute Gasteiger partial charge is 0.0395 e. The third kappa shape index (κ3) is 3.30. The first-order valence-corrected chi connectivity index (χ1v) is 5.56. The Morgan fingerprint density at radius 1 is 1.33 bits per heavy atom. The van der Waals surface area contributed by atoms with Gasteiger partial charge < -0.3 is 10.5 Å². The van der Waals surface area contributed by atoms with E-state index in [2.05, 4.69) is 29.6 Å². The predicted molar refractivity (Wildman–Crippen MR) is 59.9 cm³/mol. The van der Waals surface area contributed by atoms with Crippen LogP contribution in [0.1, 0.15) is 12.0 Å². The number of hydrogen-bond donors (Lipinski definition) is 2. The van der Waals surface area contributed by atoms with Crippen LogP contribution in [-0.4, -0.2) is 35.9 Å². The highest BCUT2D eigenvalue weighted by atomic mass is 16.5. The van der Waals surface area contributed by atoms with E-state index in [0.29, 0.717) is 6.04 Å². The Morgan fingerprint density at radius 3 is 2.93 bits per heavy atom. The molecular formula is C12H18N2O. The molecule has 1 aliphatic heterocycles. The summed E-state index contributed by atoms with van der Waals surface area (Å²) in [5, 5.41) is 14.4. The van der Waals surface area contributed by atoms with Crippen LogP contribution < -0.4 is 5.32 Å². The van der Waals surface area contributed by atoms with Crippen LogP contribution in [0, 0.1) is 0 Å². The number of hydroxylamine groups is 2. The second-order valence-corrected chi connectivity index (χ2v) is 4.11. The Kier molecular flexibility index (Phi) is 3.72. The van der Waals surface area contributed by atoms with Crippen molar-refractivity contribution in [1.82, 2.24) is 10.4 Å². The molecule has 1 fully saturated rings. The Hall–Kier alpha value is -0.900. The van der Waals surface area contributed by atoms with Crippen molar-refractivity contribution in [1.29, 1.82) is 0 Å². The third-order valence-electron chi connectivity index (χ3n) is 2.78. The zero-order valence-corrected chi connectivity index (χ0v) is 8.89. The van der Waals surface area contributed by atoms with Crippen LogP contribution in [0.2, 0.25) is 0 Å². The molecule has 1 heterocycles. The topological polar surface area (TPSA) is 35.5 Å². The maximum atomic E-state index is 9.53. The quantitative estimate of drug-likeness (QED) is 0.765. The van der Waals surface area contributed by atoms with Crippen molar-refractivity contribution < 1.29 is 5.21 Å². The van der Waals surface area contributed by atoms with E-state index >= 15 is 0 Å². The van der Waals surface area contributed by atoms with E-state index in [0.717, 1.165) is 32.5 Å². The molecule has 1 unspecified atom stereocenters. The lowest BCUT2D eigenvalue weighted by Crippen LogP contribution is -2.37. The minimum Gasteiger partial charge on any atom is -0.314 e. The van der Waals surface area contributed by atoms with Crippen LogP contribution >= 0.6 is 0 Å². The highest BCUT2D eigenvalue weighted by Gasteiger charge is 2.15. The molecule has 2 rings (SSSR count). The molecular weight excluding hydrogens is 188 g/mol. The average molecular weight is 206 g/mol. The zero-order valence-electron chi connectivity index (χ0n) is 8.89. The van der Waals surface area contributed by atoms with E-state index in [1.807, 2.05) is 6.07 Å². The van der Waals surface area contributed by atoms with Crippen molar-refractivity contribution in [2.45, 2.75) is 18.9 Å². The molecule has 3 heteroatoms. The van der Waals surface area contributed by atoms with Crippen molar-refractivity contribution in [3.8, 4) is 0 Å². The number of nitrogens with zero attached hydrogens (tertiary/aromatic N) is 1. The van der Waals surface area contributed by atoms with E-state index in [-0.39, 0.29) is 0 Å². The summed E-state index contributed by atoms with van der Waals surface area (Å²) >= 11 is 0. The van der Waals surface area contributed by atoms with Gasteiger partial charge in [0.2, 0.25) is 0 Å². The summed E-state index contributed by atoms with van der Waals surface area (Å²) < 4.78 is 0. The standard InChI is InChI=1S/C12H18N2O/c15-14-8-4-7-13-12(10-14)9-11-5-2-1-3-6-11/h1-3,5-6,12-13,15H,4,7-10H2. The summed E-state index contributed by atoms with van der Waals surface area (Å²) in [5.74, 6) is 0. The monoisotopic (exact) mass is 206 g/mol. The van der Waals surface area contributed by atoms with Gasteiger partial charge >= 0.3 is 0 Å². The highest BCUT2D eigenvalue weighted by molar-refractivity contribution is 5.16. The minimum absolute atomic E-state index is 0.361. The van der Waals surface area contributed by atoms with Gasteiger partial charge in [0.25, 0.3) is 0 Å². The fourth-order valence-corrected chi connectivity index (χ4v) is 2.01. The molecule has 1 aromatic carbocycles. The summed E-state index contributed by atoms with van der Waals surface area (Å²) in [7, 11) is 0. The molecule has 1 aliphatic rings. The molecule has 1 saturated heterocycles. The Labute approximate surface area is 90.7 Å². The first-order chi connectivity index (χ1) is 7.34. The van der Waals surface area contributed by atoms with Crippen LogP contribution in [0.4, 0.5) is 0 Å². The van der Waals surface area contributed by atoms with E-state index in [9.17, 15) is 5.21 Å². The first kappa shape index (κ1) is 10.6. The Balaban J connectivity index is 1.93. The summed E-state index contributed by atoms with van der Waals surface area (Å²) in [4.78, 5) is 0. The molecule has 1 aromatic rings. The predicted octanol–water partition coefficient (Wildman–Crippen LogP) is 1.28. The fourth-order valence-electron chi connectivity index (χ4n) is 2.01. The van der Waals surface area contributed by atoms with Crippen LogP contribution in [-0.2, 0) is 6.42 Å². The normalized spacial score (nSPS) is 23.7. The summed E-state index contributed by atoms with van der Waals surface area (Å²) in [6.45, 7) is 2.49. The number of hydrogen-bond acceptors (Lipinski definition) is 3. The first-order valence-electron chi connectivity index (χ1n) is 5.56. The maximum absolute atomic E-state index is 9.53. The van der Waals surface area contributed by atoms with Gasteiger partial charge in [-0.05, 0) is 24.9 Å². The summed E-state index contributed by atoms with van der Waals surface area (Å²) in [6.07, 6.45) is 2.00. The van der Waals surface area contributed by atoms with Crippen LogP contribution in [0.3, 0.4) is 0 Å². The fraction of sp³-hybridized carbons (Fsp3) is 0.500. The van der Waals surface area contributed by atoms with E-state index in [1.165, 1.54) is 10.6 Å². The van der Waals surface area contributed by atoms with Gasteiger partial charge in [-0.25, -0.2) is 0 Å². The van der Waals surface area contributed by atoms with Gasteiger partial charge in [0.15, 0.2) is 0 Å². The molecule has 0 aromatic heterocycles. The average Bonchev–Trinajstić information content (AvgIpc) is 2.44. The third-order valence-corrected chi connectivity index (χ3v) is 2.78. The van der Waals surface area contributed by atoms with E-state index in [1.54, 1.807) is 0 Å². The molecule has 1 atom stereocenters. The van der Waals surface area contributed by atoms with Crippen LogP contribution in [0.25, 0.3) is 0 Å². The molecule has 0 saturated carbocycles. The highest BCUT2D eigenvalue weighted by Crippen LogP contribution is 2.06. The molecule has 0 radical (unpaired) electrons. The van der Waals surface area contributed by atoms with Gasteiger partial charge in [0.1, 0.15) is 0 Å². The Morgan fingerprint density at radius 2 is 2.13 bits per heavy atom. The second kappa shape index (κ2) is 5.26. The lowest BCUT2D eigenvalue weighted by molar-refractivity contribution is -0.0907. The minimum atomic E-state index is 0.361. The lowest BCUT2D eigenvalue weighted by atomic mass is 10.1. The molecule has 0 spiro atoms. The maximum Gasteiger partial charge on any atom is 0.0395 e. The van der Waals surface area contributed by atoms with Gasteiger partial charge in [-0.2, -0.15) is 5.06 Å². The van der Waals surface area contributed by atoms with Crippen molar-refractivity contribution in [2.24, 2.45) is 0 Å². The van der Waals surface area contributed by atoms with Gasteiger partial charge in [0.05, 0.1) is 0 Å². The van der Waals surface area contributed by atoms with Crippen molar-refractivity contribution >= 4 is 0 Å². The molecule has 2 N–H and O–H groups in total. The number of rotatable bonds is 2. The second-order valence-electron chi connectivity index (χ2n) is 4.11. The molecule has 0 amide bonds. The van der Waals surface area contributed by atoms with Gasteiger partial charge in [0, 0.05) is 19.1 Å². The lowest BCUT2D eigenvalue weighted by Gasteiger charge is -2.19. The molecule has 15 heavy (non-hydrogen) atoms. The number of nitrogens with one attached hydrogen (secondary N) is 1. The van der Waals surface area contributed by atoms with Crippen molar-refractivity contribution in [3.05, 3.63) is 35.9 Å². The zero-order chi connectivity index (χ0) is 10.5. The summed E-state index contributed by atoms with van der Waals surface area (Å²) in [5.41, 5.74) is 1.32. The largest absolute Gasteiger partial charge is 0.314 e. The van der Waals surface area contributed by atoms with Gasteiger partial charge in [-0.15, -0.1) is 0 Å². The van der Waals surface area contributed by atoms with Crippen LogP contribution in [0.15, 0.2) is 30.3 Å². The molecule has 3 nitrogen and oxygen atoms in total. The van der Waals surface area contributed by atoms with Crippen molar-refractivity contribution in [3.63, 3.8) is 0 Å². The summed E-state index contributed by atoms with van der Waals surface area (Å²) in [6, 6.07) is 10.8. The molecule has 0 bridgehead atoms. The van der Waals surface area contributed by atoms with Crippen LogP contribution in [0.5, 0.6) is 0 Å². The SMILES string of the molecule is ON1CCCNC(Cc2ccccc2)C1. The number of benzene rings is 1. The van der Waals surface area contributed by atoms with Crippen molar-refractivity contribution in [2.75, 3.05) is 19.6 Å². The Bertz CT molecular complexity index is 289. The molecule has 0 aliphatic carbocycles. The van der Waals surface area contributed by atoms with E-state index < -0.39 is 0 Å². The van der Waals surface area contributed by atoms with Gasteiger partial charge in [-0.3, -0.25) is 0 Å². The van der Waals surface area contributed by atoms with E-state index in [4.69, 9.17) is 0 Å². The molecule has 82 valence electrons. The van der Waals surface area contributed by atoms with Gasteiger partial charge in [-0.1, -0.05) is 30.3 Å².